The average molecular weight is 350 g/mol. The van der Waals surface area contributed by atoms with Gasteiger partial charge in [-0.15, -0.1) is 0 Å². The summed E-state index contributed by atoms with van der Waals surface area (Å²) in [7, 11) is 2.13. The molecule has 130 valence electrons. The van der Waals surface area contributed by atoms with Gasteiger partial charge in [0, 0.05) is 30.2 Å². The Morgan fingerprint density at radius 2 is 2.08 bits per heavy atom. The Labute approximate surface area is 147 Å². The standard InChI is InChI=1S/C18H24ClN3O2/c1-12-16(13(2)24-21-12)10-20-18(14-4-6-15(19)7-5-14)17-11-22(3)8-9-23-17/h4-7,17-18,20H,8-11H2,1-3H3. The van der Waals surface area contributed by atoms with E-state index in [4.69, 9.17) is 20.9 Å². The summed E-state index contributed by atoms with van der Waals surface area (Å²) in [5.74, 6) is 0.858. The van der Waals surface area contributed by atoms with E-state index in [1.54, 1.807) is 0 Å². The van der Waals surface area contributed by atoms with Gasteiger partial charge in [-0.2, -0.15) is 0 Å². The molecule has 0 bridgehead atoms. The number of nitrogens with one attached hydrogen (secondary N) is 1. The van der Waals surface area contributed by atoms with Crippen LogP contribution in [0.15, 0.2) is 28.8 Å². The molecule has 1 aliphatic heterocycles. The number of nitrogens with zero attached hydrogens (tertiary/aromatic N) is 2. The quantitative estimate of drug-likeness (QED) is 0.898. The number of halogens is 1. The largest absolute Gasteiger partial charge is 0.374 e. The molecular formula is C18H24ClN3O2. The molecule has 2 aromatic rings. The summed E-state index contributed by atoms with van der Waals surface area (Å²) in [6, 6.07) is 8.05. The molecule has 0 amide bonds. The summed E-state index contributed by atoms with van der Waals surface area (Å²) >= 11 is 6.04. The van der Waals surface area contributed by atoms with Crippen LogP contribution < -0.4 is 5.32 Å². The van der Waals surface area contributed by atoms with E-state index in [0.717, 1.165) is 41.7 Å². The normalized spacial score (nSPS) is 20.2. The van der Waals surface area contributed by atoms with Gasteiger partial charge in [-0.25, -0.2) is 0 Å². The summed E-state index contributed by atoms with van der Waals surface area (Å²) < 4.78 is 11.3. The molecule has 2 heterocycles. The maximum Gasteiger partial charge on any atom is 0.138 e. The Morgan fingerprint density at radius 1 is 1.33 bits per heavy atom. The van der Waals surface area contributed by atoms with Crippen molar-refractivity contribution < 1.29 is 9.26 Å². The molecule has 0 saturated carbocycles. The lowest BCUT2D eigenvalue weighted by atomic mass is 9.99. The van der Waals surface area contributed by atoms with Crippen LogP contribution in [0.2, 0.25) is 5.02 Å². The van der Waals surface area contributed by atoms with Gasteiger partial charge in [0.1, 0.15) is 5.76 Å². The third kappa shape index (κ3) is 3.98. The van der Waals surface area contributed by atoms with E-state index in [9.17, 15) is 0 Å². The SMILES string of the molecule is Cc1noc(C)c1CNC(c1ccc(Cl)cc1)C1CN(C)CCO1. The van der Waals surface area contributed by atoms with Crippen molar-refractivity contribution in [3.63, 3.8) is 0 Å². The fourth-order valence-electron chi connectivity index (χ4n) is 3.11. The Kier molecular flexibility index (Phi) is 5.56. The Bertz CT molecular complexity index is 652. The smallest absolute Gasteiger partial charge is 0.138 e. The molecule has 3 rings (SSSR count). The molecule has 1 aromatic carbocycles. The van der Waals surface area contributed by atoms with E-state index in [1.165, 1.54) is 5.56 Å². The molecule has 0 aliphatic carbocycles. The predicted octanol–water partition coefficient (Wildman–Crippen LogP) is 3.11. The fourth-order valence-corrected chi connectivity index (χ4v) is 3.24. The van der Waals surface area contributed by atoms with Gasteiger partial charge in [0.15, 0.2) is 0 Å². The number of hydrogen-bond donors (Lipinski definition) is 1. The third-order valence-electron chi connectivity index (χ3n) is 4.58. The Balaban J connectivity index is 1.80. The van der Waals surface area contributed by atoms with Gasteiger partial charge in [-0.1, -0.05) is 28.9 Å². The number of likely N-dealkylation sites (N-methyl/N-ethyl adjacent to an activating group) is 1. The number of morpholine rings is 1. The van der Waals surface area contributed by atoms with Crippen LogP contribution >= 0.6 is 11.6 Å². The lowest BCUT2D eigenvalue weighted by Crippen LogP contribution is -2.46. The highest BCUT2D eigenvalue weighted by Crippen LogP contribution is 2.25. The zero-order valence-corrected chi connectivity index (χ0v) is 15.1. The molecular weight excluding hydrogens is 326 g/mol. The second-order valence-corrected chi connectivity index (χ2v) is 6.82. The van der Waals surface area contributed by atoms with Gasteiger partial charge >= 0.3 is 0 Å². The molecule has 2 atom stereocenters. The molecule has 1 fully saturated rings. The molecule has 5 nitrogen and oxygen atoms in total. The van der Waals surface area contributed by atoms with Crippen LogP contribution in [-0.2, 0) is 11.3 Å². The molecule has 1 aromatic heterocycles. The van der Waals surface area contributed by atoms with E-state index >= 15 is 0 Å². The van der Waals surface area contributed by atoms with Gasteiger partial charge in [-0.3, -0.25) is 0 Å². The van der Waals surface area contributed by atoms with Crippen LogP contribution in [0, 0.1) is 13.8 Å². The fraction of sp³-hybridized carbons (Fsp3) is 0.500. The minimum atomic E-state index is 0.0821. The minimum absolute atomic E-state index is 0.0821. The lowest BCUT2D eigenvalue weighted by molar-refractivity contribution is -0.0396. The first-order chi connectivity index (χ1) is 11.5. The van der Waals surface area contributed by atoms with Crippen molar-refractivity contribution in [2.75, 3.05) is 26.7 Å². The zero-order valence-electron chi connectivity index (χ0n) is 14.4. The van der Waals surface area contributed by atoms with Crippen molar-refractivity contribution >= 4 is 11.6 Å². The lowest BCUT2D eigenvalue weighted by Gasteiger charge is -2.36. The summed E-state index contributed by atoms with van der Waals surface area (Å²) in [5, 5.41) is 8.41. The Morgan fingerprint density at radius 3 is 2.71 bits per heavy atom. The summed E-state index contributed by atoms with van der Waals surface area (Å²) in [5.41, 5.74) is 3.21. The maximum atomic E-state index is 6.05. The number of hydrogen-bond acceptors (Lipinski definition) is 5. The van der Waals surface area contributed by atoms with E-state index in [-0.39, 0.29) is 12.1 Å². The highest BCUT2D eigenvalue weighted by molar-refractivity contribution is 6.30. The Hall–Kier alpha value is -1.40. The van der Waals surface area contributed by atoms with Gasteiger partial charge in [0.05, 0.1) is 24.4 Å². The van der Waals surface area contributed by atoms with Crippen molar-refractivity contribution in [1.29, 1.82) is 0 Å². The van der Waals surface area contributed by atoms with Crippen molar-refractivity contribution in [3.8, 4) is 0 Å². The van der Waals surface area contributed by atoms with Crippen LogP contribution in [-0.4, -0.2) is 42.9 Å². The van der Waals surface area contributed by atoms with Gasteiger partial charge < -0.3 is 19.5 Å². The molecule has 6 heteroatoms. The summed E-state index contributed by atoms with van der Waals surface area (Å²) in [6.07, 6.45) is 0.0883. The minimum Gasteiger partial charge on any atom is -0.374 e. The van der Waals surface area contributed by atoms with E-state index in [1.807, 2.05) is 26.0 Å². The zero-order chi connectivity index (χ0) is 17.1. The maximum absolute atomic E-state index is 6.05. The first-order valence-electron chi connectivity index (χ1n) is 8.25. The van der Waals surface area contributed by atoms with E-state index in [2.05, 4.69) is 34.6 Å². The highest BCUT2D eigenvalue weighted by atomic mass is 35.5. The summed E-state index contributed by atoms with van der Waals surface area (Å²) in [6.45, 7) is 7.21. The second kappa shape index (κ2) is 7.66. The van der Waals surface area contributed by atoms with Crippen molar-refractivity contribution in [3.05, 3.63) is 51.9 Å². The molecule has 1 N–H and O–H groups in total. The van der Waals surface area contributed by atoms with E-state index < -0.39 is 0 Å². The molecule has 24 heavy (non-hydrogen) atoms. The number of aryl methyl sites for hydroxylation is 2. The molecule has 2 unspecified atom stereocenters. The first-order valence-corrected chi connectivity index (χ1v) is 8.63. The molecule has 0 spiro atoms. The van der Waals surface area contributed by atoms with Crippen LogP contribution in [0.1, 0.15) is 28.6 Å². The molecule has 1 saturated heterocycles. The van der Waals surface area contributed by atoms with Crippen LogP contribution in [0.25, 0.3) is 0 Å². The monoisotopic (exact) mass is 349 g/mol. The summed E-state index contributed by atoms with van der Waals surface area (Å²) in [4.78, 5) is 2.30. The van der Waals surface area contributed by atoms with Gasteiger partial charge in [0.2, 0.25) is 0 Å². The van der Waals surface area contributed by atoms with Crippen molar-refractivity contribution in [2.24, 2.45) is 0 Å². The number of aromatic nitrogens is 1. The highest BCUT2D eigenvalue weighted by Gasteiger charge is 2.28. The average Bonchev–Trinajstić information content (AvgIpc) is 2.88. The predicted molar refractivity (Wildman–Crippen MR) is 94.2 cm³/mol. The first kappa shape index (κ1) is 17.4. The van der Waals surface area contributed by atoms with Gasteiger partial charge in [0.25, 0.3) is 0 Å². The van der Waals surface area contributed by atoms with Gasteiger partial charge in [-0.05, 0) is 38.6 Å². The van der Waals surface area contributed by atoms with Crippen LogP contribution in [0.4, 0.5) is 0 Å². The second-order valence-electron chi connectivity index (χ2n) is 6.38. The number of benzene rings is 1. The molecule has 1 aliphatic rings. The third-order valence-corrected chi connectivity index (χ3v) is 4.83. The van der Waals surface area contributed by atoms with Crippen molar-refractivity contribution in [1.82, 2.24) is 15.4 Å². The number of ether oxygens (including phenoxy) is 1. The van der Waals surface area contributed by atoms with E-state index in [0.29, 0.717) is 6.54 Å². The molecule has 0 radical (unpaired) electrons. The van der Waals surface area contributed by atoms with Crippen molar-refractivity contribution in [2.45, 2.75) is 32.5 Å². The van der Waals surface area contributed by atoms with Crippen LogP contribution in [0.5, 0.6) is 0 Å². The topological polar surface area (TPSA) is 50.5 Å². The number of rotatable bonds is 5. The van der Waals surface area contributed by atoms with Crippen LogP contribution in [0.3, 0.4) is 0 Å².